The minimum absolute atomic E-state index is 0.308. The molecule has 4 aromatic rings. The van der Waals surface area contributed by atoms with Gasteiger partial charge in [0.05, 0.1) is 11.4 Å². The average Bonchev–Trinajstić information content (AvgIpc) is 3.25. The number of carbonyl (C=O) groups is 2. The number of hydrogen-bond donors (Lipinski definition) is 0. The smallest absolute Gasteiger partial charge is 0.272 e. The van der Waals surface area contributed by atoms with E-state index in [1.54, 1.807) is 6.08 Å². The molecule has 0 fully saturated rings. The van der Waals surface area contributed by atoms with Gasteiger partial charge in [-0.05, 0) is 64.3 Å². The molecule has 0 aromatic heterocycles. The SMILES string of the molecule is O=C1C=C(c2ccc(Br)cc2)C=C(c2ccccc2)[C@@]12C(=O)N(c1ccccc1)N=C2c1ccccc1. The zero-order chi connectivity index (χ0) is 25.4. The zero-order valence-electron chi connectivity index (χ0n) is 19.7. The van der Waals surface area contributed by atoms with Gasteiger partial charge in [-0.3, -0.25) is 9.59 Å². The predicted octanol–water partition coefficient (Wildman–Crippen LogP) is 6.94. The topological polar surface area (TPSA) is 49.7 Å². The lowest BCUT2D eigenvalue weighted by Gasteiger charge is -2.33. The highest BCUT2D eigenvalue weighted by Crippen LogP contribution is 2.50. The minimum Gasteiger partial charge on any atom is -0.293 e. The van der Waals surface area contributed by atoms with Crippen LogP contribution in [0, 0.1) is 5.41 Å². The molecule has 1 atom stereocenters. The molecule has 1 aliphatic carbocycles. The van der Waals surface area contributed by atoms with E-state index in [2.05, 4.69) is 15.9 Å². The number of hydrazone groups is 1. The molecule has 37 heavy (non-hydrogen) atoms. The third-order valence-corrected chi connectivity index (χ3v) is 7.27. The van der Waals surface area contributed by atoms with Crippen molar-refractivity contribution >= 4 is 50.2 Å². The first-order valence-corrected chi connectivity index (χ1v) is 12.7. The van der Waals surface area contributed by atoms with E-state index in [9.17, 15) is 9.59 Å². The van der Waals surface area contributed by atoms with Crippen LogP contribution >= 0.6 is 15.9 Å². The highest BCUT2D eigenvalue weighted by molar-refractivity contribution is 9.10. The standard InChI is InChI=1S/C32H21BrN2O2/c33-26-18-16-22(17-19-26)25-20-28(23-10-4-1-5-11-23)32(29(36)21-25)30(24-12-6-2-7-13-24)34-35(31(32)37)27-14-8-3-9-15-27/h1-21H/t32-/m1/s1. The molecule has 1 spiro atoms. The Bertz CT molecular complexity index is 1590. The summed E-state index contributed by atoms with van der Waals surface area (Å²) in [7, 11) is 0. The first-order valence-electron chi connectivity index (χ1n) is 11.9. The fourth-order valence-electron chi connectivity index (χ4n) is 4.97. The van der Waals surface area contributed by atoms with E-state index in [0.29, 0.717) is 17.0 Å². The van der Waals surface area contributed by atoms with Gasteiger partial charge in [-0.1, -0.05) is 107 Å². The second-order valence-electron chi connectivity index (χ2n) is 8.91. The third-order valence-electron chi connectivity index (χ3n) is 6.74. The summed E-state index contributed by atoms with van der Waals surface area (Å²) in [5.41, 5.74) is 3.20. The van der Waals surface area contributed by atoms with Crippen LogP contribution in [0.2, 0.25) is 0 Å². The molecule has 0 saturated carbocycles. The summed E-state index contributed by atoms with van der Waals surface area (Å²) in [6.45, 7) is 0. The van der Waals surface area contributed by atoms with Crippen molar-refractivity contribution in [3.63, 3.8) is 0 Å². The van der Waals surface area contributed by atoms with E-state index in [1.807, 2.05) is 121 Å². The maximum absolute atomic E-state index is 14.5. The van der Waals surface area contributed by atoms with E-state index in [4.69, 9.17) is 5.10 Å². The van der Waals surface area contributed by atoms with Gasteiger partial charge in [0.25, 0.3) is 5.91 Å². The molecule has 4 nitrogen and oxygen atoms in total. The van der Waals surface area contributed by atoms with E-state index in [0.717, 1.165) is 26.7 Å². The van der Waals surface area contributed by atoms with E-state index >= 15 is 0 Å². The molecule has 0 bridgehead atoms. The van der Waals surface area contributed by atoms with Gasteiger partial charge in [-0.15, -0.1) is 0 Å². The Kier molecular flexibility index (Phi) is 5.78. The molecule has 1 aliphatic heterocycles. The second-order valence-corrected chi connectivity index (χ2v) is 9.83. The predicted molar refractivity (Wildman–Crippen MR) is 151 cm³/mol. The molecular weight excluding hydrogens is 524 g/mol. The summed E-state index contributed by atoms with van der Waals surface area (Å²) in [6.07, 6.45) is 3.55. The van der Waals surface area contributed by atoms with Gasteiger partial charge < -0.3 is 0 Å². The first kappa shape index (κ1) is 23.1. The van der Waals surface area contributed by atoms with Crippen molar-refractivity contribution in [1.82, 2.24) is 0 Å². The molecule has 6 rings (SSSR count). The van der Waals surface area contributed by atoms with Crippen LogP contribution in [0.4, 0.5) is 5.69 Å². The zero-order valence-corrected chi connectivity index (χ0v) is 21.3. The largest absolute Gasteiger partial charge is 0.293 e. The fourth-order valence-corrected chi connectivity index (χ4v) is 5.24. The Morgan fingerprint density at radius 3 is 1.81 bits per heavy atom. The number of allylic oxidation sites excluding steroid dienone is 3. The van der Waals surface area contributed by atoms with Crippen LogP contribution in [0.25, 0.3) is 11.1 Å². The average molecular weight is 545 g/mol. The minimum atomic E-state index is -1.61. The van der Waals surface area contributed by atoms with Gasteiger partial charge in [0, 0.05) is 4.47 Å². The van der Waals surface area contributed by atoms with Crippen molar-refractivity contribution < 1.29 is 9.59 Å². The number of benzene rings is 4. The number of hydrogen-bond acceptors (Lipinski definition) is 3. The van der Waals surface area contributed by atoms with Crippen LogP contribution < -0.4 is 5.01 Å². The lowest BCUT2D eigenvalue weighted by Crippen LogP contribution is -2.48. The van der Waals surface area contributed by atoms with Gasteiger partial charge >= 0.3 is 0 Å². The number of nitrogens with zero attached hydrogens (tertiary/aromatic N) is 2. The van der Waals surface area contributed by atoms with Crippen LogP contribution in [-0.2, 0) is 9.59 Å². The molecule has 0 unspecified atom stereocenters. The number of amides is 1. The maximum atomic E-state index is 14.5. The Balaban J connectivity index is 1.62. The number of carbonyl (C=O) groups excluding carboxylic acids is 2. The molecule has 5 heteroatoms. The molecule has 2 aliphatic rings. The molecule has 0 N–H and O–H groups in total. The lowest BCUT2D eigenvalue weighted by atomic mass is 9.65. The Labute approximate surface area is 223 Å². The second kappa shape index (κ2) is 9.26. The van der Waals surface area contributed by atoms with Gasteiger partial charge in [0.15, 0.2) is 11.2 Å². The maximum Gasteiger partial charge on any atom is 0.272 e. The molecule has 178 valence electrons. The van der Waals surface area contributed by atoms with Gasteiger partial charge in [0.2, 0.25) is 0 Å². The third kappa shape index (κ3) is 3.79. The van der Waals surface area contributed by atoms with Gasteiger partial charge in [-0.2, -0.15) is 10.1 Å². The molecule has 0 saturated heterocycles. The van der Waals surface area contributed by atoms with Crippen molar-refractivity contribution in [2.75, 3.05) is 5.01 Å². The van der Waals surface area contributed by atoms with Crippen molar-refractivity contribution in [3.8, 4) is 0 Å². The number of halogens is 1. The summed E-state index contributed by atoms with van der Waals surface area (Å²) < 4.78 is 0.950. The summed E-state index contributed by atoms with van der Waals surface area (Å²) in [5.74, 6) is -0.693. The summed E-state index contributed by atoms with van der Waals surface area (Å²) in [4.78, 5) is 28.8. The molecule has 0 radical (unpaired) electrons. The highest BCUT2D eigenvalue weighted by Gasteiger charge is 2.60. The van der Waals surface area contributed by atoms with E-state index in [-0.39, 0.29) is 11.7 Å². The Morgan fingerprint density at radius 1 is 0.622 bits per heavy atom. The number of para-hydroxylation sites is 1. The normalized spacial score (nSPS) is 19.1. The van der Waals surface area contributed by atoms with Crippen LogP contribution in [0.3, 0.4) is 0 Å². The van der Waals surface area contributed by atoms with E-state index < -0.39 is 5.41 Å². The molecule has 1 amide bonds. The number of anilines is 1. The van der Waals surface area contributed by atoms with Gasteiger partial charge in [-0.25, -0.2) is 0 Å². The van der Waals surface area contributed by atoms with Crippen LogP contribution in [0.5, 0.6) is 0 Å². The first-order chi connectivity index (χ1) is 18.1. The molecule has 4 aromatic carbocycles. The van der Waals surface area contributed by atoms with Crippen LogP contribution in [-0.4, -0.2) is 17.4 Å². The van der Waals surface area contributed by atoms with Crippen molar-refractivity contribution in [1.29, 1.82) is 0 Å². The number of ketones is 1. The highest BCUT2D eigenvalue weighted by atomic mass is 79.9. The molecular formula is C32H21BrN2O2. The monoisotopic (exact) mass is 544 g/mol. The molecule has 1 heterocycles. The quantitative estimate of drug-likeness (QED) is 0.261. The summed E-state index contributed by atoms with van der Waals surface area (Å²) >= 11 is 3.48. The lowest BCUT2D eigenvalue weighted by molar-refractivity contribution is -0.129. The summed E-state index contributed by atoms with van der Waals surface area (Å²) in [6, 6.07) is 36.2. The van der Waals surface area contributed by atoms with Crippen molar-refractivity contribution in [2.24, 2.45) is 10.5 Å². The van der Waals surface area contributed by atoms with Gasteiger partial charge in [0.1, 0.15) is 0 Å². The summed E-state index contributed by atoms with van der Waals surface area (Å²) in [5, 5.41) is 6.20. The van der Waals surface area contributed by atoms with Crippen LogP contribution in [0.15, 0.2) is 137 Å². The Hall–Kier alpha value is -4.35. The Morgan fingerprint density at radius 2 is 1.19 bits per heavy atom. The van der Waals surface area contributed by atoms with Crippen molar-refractivity contribution in [3.05, 3.63) is 149 Å². The fraction of sp³-hybridized carbons (Fsp3) is 0.0312. The van der Waals surface area contributed by atoms with E-state index in [1.165, 1.54) is 5.01 Å². The van der Waals surface area contributed by atoms with Crippen molar-refractivity contribution in [2.45, 2.75) is 0 Å². The van der Waals surface area contributed by atoms with Crippen LogP contribution in [0.1, 0.15) is 16.7 Å². The number of rotatable bonds is 4.